The van der Waals surface area contributed by atoms with Crippen LogP contribution in [0, 0.1) is 0 Å². The second-order valence-corrected chi connectivity index (χ2v) is 4.74. The number of amides is 2. The van der Waals surface area contributed by atoms with E-state index in [0.29, 0.717) is 21.5 Å². The first-order valence-electron chi connectivity index (χ1n) is 4.85. The Morgan fingerprint density at radius 3 is 2.88 bits per heavy atom. The highest BCUT2D eigenvalue weighted by molar-refractivity contribution is 8.04. The van der Waals surface area contributed by atoms with Crippen molar-refractivity contribution in [2.75, 3.05) is 11.1 Å². The number of nitrogens with one attached hydrogen (secondary N) is 2. The number of para-hydroxylation sites is 1. The summed E-state index contributed by atoms with van der Waals surface area (Å²) in [4.78, 5) is 22.5. The molecule has 4 nitrogen and oxygen atoms in total. The predicted octanol–water partition coefficient (Wildman–Crippen LogP) is 1.98. The number of carbonyl (C=O) groups excluding carboxylic acids is 2. The monoisotopic (exact) mass is 268 g/mol. The van der Waals surface area contributed by atoms with Crippen LogP contribution >= 0.6 is 23.4 Å². The zero-order chi connectivity index (χ0) is 12.3. The van der Waals surface area contributed by atoms with Crippen LogP contribution in [0.15, 0.2) is 35.4 Å². The molecule has 0 radical (unpaired) electrons. The van der Waals surface area contributed by atoms with Gasteiger partial charge in [-0.05, 0) is 12.1 Å². The van der Waals surface area contributed by atoms with Crippen LogP contribution < -0.4 is 10.6 Å². The minimum absolute atomic E-state index is 0.0909. The highest BCUT2D eigenvalue weighted by Crippen LogP contribution is 2.22. The molecule has 2 rings (SSSR count). The lowest BCUT2D eigenvalue weighted by molar-refractivity contribution is -0.117. The summed E-state index contributed by atoms with van der Waals surface area (Å²) in [6, 6.07) is 6.96. The molecule has 1 aliphatic heterocycles. The maximum atomic E-state index is 11.6. The van der Waals surface area contributed by atoms with Crippen molar-refractivity contribution in [3.63, 3.8) is 0 Å². The number of hydrogen-bond acceptors (Lipinski definition) is 3. The number of rotatable bonds is 2. The van der Waals surface area contributed by atoms with E-state index in [1.54, 1.807) is 24.3 Å². The fourth-order valence-electron chi connectivity index (χ4n) is 1.28. The lowest BCUT2D eigenvalue weighted by Crippen LogP contribution is -2.16. The van der Waals surface area contributed by atoms with E-state index in [-0.39, 0.29) is 11.8 Å². The first-order chi connectivity index (χ1) is 8.15. The summed E-state index contributed by atoms with van der Waals surface area (Å²) in [5.74, 6) is -0.0554. The molecular formula is C11H9ClN2O2S. The molecule has 2 N–H and O–H groups in total. The summed E-state index contributed by atoms with van der Waals surface area (Å²) in [5, 5.41) is 6.25. The van der Waals surface area contributed by atoms with Gasteiger partial charge in [0.25, 0.3) is 5.91 Å². The van der Waals surface area contributed by atoms with E-state index in [0.717, 1.165) is 0 Å². The molecule has 0 spiro atoms. The Kier molecular flexibility index (Phi) is 3.71. The Balaban J connectivity index is 2.03. The molecule has 1 saturated heterocycles. The van der Waals surface area contributed by atoms with E-state index >= 15 is 0 Å². The van der Waals surface area contributed by atoms with E-state index in [2.05, 4.69) is 10.6 Å². The standard InChI is InChI=1S/C11H9ClN2O2S/c12-7-3-1-2-4-8(7)13-9(15)5-11-14-10(16)6-17-11/h1-5H,6H2,(H,13,15)(H,14,16)/b11-5+. The Hall–Kier alpha value is -1.46. The highest BCUT2D eigenvalue weighted by Gasteiger charge is 2.16. The van der Waals surface area contributed by atoms with E-state index in [1.807, 2.05) is 0 Å². The molecule has 0 aromatic heterocycles. The van der Waals surface area contributed by atoms with Crippen LogP contribution in [-0.2, 0) is 9.59 Å². The van der Waals surface area contributed by atoms with Gasteiger partial charge < -0.3 is 10.6 Å². The molecule has 0 saturated carbocycles. The quantitative estimate of drug-likeness (QED) is 0.807. The Bertz CT molecular complexity index is 502. The van der Waals surface area contributed by atoms with Gasteiger partial charge in [-0.2, -0.15) is 0 Å². The summed E-state index contributed by atoms with van der Waals surface area (Å²) in [6.07, 6.45) is 1.35. The zero-order valence-electron chi connectivity index (χ0n) is 8.70. The van der Waals surface area contributed by atoms with Crippen LogP contribution in [0.5, 0.6) is 0 Å². The third-order valence-electron chi connectivity index (χ3n) is 2.02. The Morgan fingerprint density at radius 1 is 1.47 bits per heavy atom. The van der Waals surface area contributed by atoms with Crippen molar-refractivity contribution in [2.24, 2.45) is 0 Å². The smallest absolute Gasteiger partial charge is 0.251 e. The van der Waals surface area contributed by atoms with Gasteiger partial charge in [-0.3, -0.25) is 9.59 Å². The van der Waals surface area contributed by atoms with Crippen LogP contribution in [0.4, 0.5) is 5.69 Å². The lowest BCUT2D eigenvalue weighted by atomic mass is 10.3. The summed E-state index contributed by atoms with van der Waals surface area (Å²) in [6.45, 7) is 0. The Labute approximate surface area is 107 Å². The number of thioether (sulfide) groups is 1. The normalized spacial score (nSPS) is 17.0. The third-order valence-corrected chi connectivity index (χ3v) is 3.28. The van der Waals surface area contributed by atoms with Crippen LogP contribution in [0.3, 0.4) is 0 Å². The average molecular weight is 269 g/mol. The van der Waals surface area contributed by atoms with E-state index in [4.69, 9.17) is 11.6 Å². The topological polar surface area (TPSA) is 58.2 Å². The van der Waals surface area contributed by atoms with E-state index < -0.39 is 0 Å². The molecule has 1 heterocycles. The number of anilines is 1. The summed E-state index contributed by atoms with van der Waals surface area (Å²) in [7, 11) is 0. The van der Waals surface area contributed by atoms with Gasteiger partial charge in [-0.1, -0.05) is 35.5 Å². The largest absolute Gasteiger partial charge is 0.321 e. The van der Waals surface area contributed by atoms with Crippen molar-refractivity contribution < 1.29 is 9.59 Å². The Morgan fingerprint density at radius 2 is 2.24 bits per heavy atom. The van der Waals surface area contributed by atoms with Crippen molar-refractivity contribution in [2.45, 2.75) is 0 Å². The van der Waals surface area contributed by atoms with Gasteiger partial charge in [0.05, 0.1) is 21.5 Å². The maximum absolute atomic E-state index is 11.6. The van der Waals surface area contributed by atoms with Crippen molar-refractivity contribution in [3.05, 3.63) is 40.4 Å². The maximum Gasteiger partial charge on any atom is 0.251 e. The molecule has 6 heteroatoms. The summed E-state index contributed by atoms with van der Waals surface area (Å²) in [5.41, 5.74) is 0.547. The van der Waals surface area contributed by atoms with Crippen molar-refractivity contribution in [1.82, 2.24) is 5.32 Å². The van der Waals surface area contributed by atoms with Gasteiger partial charge in [0, 0.05) is 6.08 Å². The SMILES string of the molecule is O=C(/C=C1\NC(=O)CS1)Nc1ccccc1Cl. The first kappa shape index (κ1) is 12.0. The number of benzene rings is 1. The van der Waals surface area contributed by atoms with E-state index in [1.165, 1.54) is 17.8 Å². The molecule has 1 aromatic carbocycles. The van der Waals surface area contributed by atoms with Crippen molar-refractivity contribution >= 4 is 40.9 Å². The first-order valence-corrected chi connectivity index (χ1v) is 6.21. The van der Waals surface area contributed by atoms with Gasteiger partial charge in [-0.25, -0.2) is 0 Å². The lowest BCUT2D eigenvalue weighted by Gasteiger charge is -2.04. The second kappa shape index (κ2) is 5.25. The van der Waals surface area contributed by atoms with Crippen LogP contribution in [-0.4, -0.2) is 17.6 Å². The molecule has 1 aromatic rings. The number of hydrogen-bond donors (Lipinski definition) is 2. The molecule has 0 unspecified atom stereocenters. The third kappa shape index (κ3) is 3.25. The van der Waals surface area contributed by atoms with Gasteiger partial charge in [0.2, 0.25) is 5.91 Å². The van der Waals surface area contributed by atoms with Crippen LogP contribution in [0.1, 0.15) is 0 Å². The molecule has 0 bridgehead atoms. The molecule has 88 valence electrons. The van der Waals surface area contributed by atoms with Gasteiger partial charge in [-0.15, -0.1) is 0 Å². The van der Waals surface area contributed by atoms with Crippen molar-refractivity contribution in [3.8, 4) is 0 Å². The van der Waals surface area contributed by atoms with Gasteiger partial charge >= 0.3 is 0 Å². The summed E-state index contributed by atoms with van der Waals surface area (Å²) >= 11 is 7.20. The van der Waals surface area contributed by atoms with E-state index in [9.17, 15) is 9.59 Å². The van der Waals surface area contributed by atoms with Gasteiger partial charge in [0.15, 0.2) is 0 Å². The minimum Gasteiger partial charge on any atom is -0.321 e. The molecule has 2 amide bonds. The molecule has 17 heavy (non-hydrogen) atoms. The predicted molar refractivity (Wildman–Crippen MR) is 68.8 cm³/mol. The van der Waals surface area contributed by atoms with Gasteiger partial charge in [0.1, 0.15) is 0 Å². The van der Waals surface area contributed by atoms with Crippen molar-refractivity contribution in [1.29, 1.82) is 0 Å². The average Bonchev–Trinajstić information content (AvgIpc) is 2.67. The fourth-order valence-corrected chi connectivity index (χ4v) is 2.20. The molecular weight excluding hydrogens is 260 g/mol. The minimum atomic E-state index is -0.317. The second-order valence-electron chi connectivity index (χ2n) is 3.31. The molecule has 0 atom stereocenters. The zero-order valence-corrected chi connectivity index (χ0v) is 10.3. The molecule has 1 aliphatic rings. The molecule has 1 fully saturated rings. The van der Waals surface area contributed by atoms with Crippen LogP contribution in [0.25, 0.3) is 0 Å². The highest BCUT2D eigenvalue weighted by atomic mass is 35.5. The molecule has 0 aliphatic carbocycles. The number of halogens is 1. The fraction of sp³-hybridized carbons (Fsp3) is 0.0909. The number of carbonyl (C=O) groups is 2. The summed E-state index contributed by atoms with van der Waals surface area (Å²) < 4.78 is 0. The van der Waals surface area contributed by atoms with Crippen LogP contribution in [0.2, 0.25) is 5.02 Å².